The van der Waals surface area contributed by atoms with Crippen LogP contribution in [0.25, 0.3) is 0 Å². The van der Waals surface area contributed by atoms with Crippen LogP contribution in [0.1, 0.15) is 106 Å². The molecule has 192 valence electrons. The summed E-state index contributed by atoms with van der Waals surface area (Å²) in [6.45, 7) is 13.4. The van der Waals surface area contributed by atoms with Gasteiger partial charge >= 0.3 is 5.97 Å². The predicted molar refractivity (Wildman–Crippen MR) is 135 cm³/mol. The third kappa shape index (κ3) is 4.46. The smallest absolute Gasteiger partial charge is 0.302 e. The zero-order valence-corrected chi connectivity index (χ0v) is 22.3. The van der Waals surface area contributed by atoms with E-state index in [1.807, 2.05) is 6.08 Å². The first-order valence-corrected chi connectivity index (χ1v) is 14.0. The van der Waals surface area contributed by atoms with Crippen molar-refractivity contribution in [3.05, 3.63) is 21.8 Å². The number of hydrogen-bond acceptors (Lipinski definition) is 4. The molecule has 0 bridgehead atoms. The maximum absolute atomic E-state index is 12.4. The van der Waals surface area contributed by atoms with Gasteiger partial charge in [0.1, 0.15) is 6.10 Å². The molecule has 0 aromatic heterocycles. The maximum atomic E-state index is 12.4. The zero-order chi connectivity index (χ0) is 24.8. The van der Waals surface area contributed by atoms with Crippen molar-refractivity contribution in [2.45, 2.75) is 118 Å². The number of carbonyl (C=O) groups is 1. The minimum atomic E-state index is -0.594. The summed E-state index contributed by atoms with van der Waals surface area (Å²) < 4.78 is 5.54. The average Bonchev–Trinajstić information content (AvgIpc) is 3.10. The molecule has 0 spiro atoms. The van der Waals surface area contributed by atoms with Crippen molar-refractivity contribution in [2.24, 2.45) is 46.3 Å². The highest BCUT2D eigenvalue weighted by atomic mass is 16.6. The van der Waals surface area contributed by atoms with Gasteiger partial charge in [-0.2, -0.15) is 0 Å². The van der Waals surface area contributed by atoms with Crippen LogP contribution in [-0.4, -0.2) is 23.0 Å². The molecule has 3 saturated carbocycles. The van der Waals surface area contributed by atoms with Gasteiger partial charge in [0.2, 0.25) is 6.04 Å². The quantitative estimate of drug-likeness (QED) is 0.169. The zero-order valence-electron chi connectivity index (χ0n) is 22.3. The number of esters is 1. The maximum Gasteiger partial charge on any atom is 0.302 e. The summed E-state index contributed by atoms with van der Waals surface area (Å²) in [5, 5.41) is 12.4. The Morgan fingerprint density at radius 1 is 1.12 bits per heavy atom. The summed E-state index contributed by atoms with van der Waals surface area (Å²) in [5.41, 5.74) is 1.42. The Balaban J connectivity index is 1.59. The fourth-order valence-corrected chi connectivity index (χ4v) is 9.18. The van der Waals surface area contributed by atoms with Crippen molar-refractivity contribution >= 4 is 5.97 Å². The van der Waals surface area contributed by atoms with E-state index in [0.717, 1.165) is 31.6 Å². The Labute approximate surface area is 206 Å². The van der Waals surface area contributed by atoms with Gasteiger partial charge in [-0.3, -0.25) is 14.9 Å². The number of nitrogens with zero attached hydrogens (tertiary/aromatic N) is 1. The van der Waals surface area contributed by atoms with Crippen LogP contribution < -0.4 is 0 Å². The third-order valence-corrected chi connectivity index (χ3v) is 10.9. The van der Waals surface area contributed by atoms with Crippen LogP contribution >= 0.6 is 0 Å². The van der Waals surface area contributed by atoms with Crippen molar-refractivity contribution in [3.63, 3.8) is 0 Å². The van der Waals surface area contributed by atoms with Gasteiger partial charge in [0.15, 0.2) is 0 Å². The molecule has 0 N–H and O–H groups in total. The molecular formula is C29H47NO4. The molecule has 3 fully saturated rings. The first kappa shape index (κ1) is 25.7. The van der Waals surface area contributed by atoms with E-state index in [1.165, 1.54) is 44.6 Å². The van der Waals surface area contributed by atoms with Gasteiger partial charge in [-0.25, -0.2) is 0 Å². The lowest BCUT2D eigenvalue weighted by atomic mass is 9.46. The molecule has 0 aromatic rings. The standard InChI is InChI=1S/C29H47NO4/c1-18(2)8-7-9-19(3)23-10-11-24-27-25(13-15-29(23,24)6)28(5)14-12-22(34-20(4)31)16-21(28)17-26(27)30(32)33/h17-19,22-27H,7-16H2,1-6H3/t19-,22+,23-,24?,25+,26+,27+,28+,29-/m1/s1. The lowest BCUT2D eigenvalue weighted by Gasteiger charge is -2.58. The van der Waals surface area contributed by atoms with E-state index in [0.29, 0.717) is 30.1 Å². The van der Waals surface area contributed by atoms with Crippen molar-refractivity contribution < 1.29 is 14.5 Å². The third-order valence-electron chi connectivity index (χ3n) is 10.9. The van der Waals surface area contributed by atoms with Crippen molar-refractivity contribution in [1.82, 2.24) is 0 Å². The molecular weight excluding hydrogens is 426 g/mol. The molecule has 5 heteroatoms. The number of nitro groups is 1. The van der Waals surface area contributed by atoms with Crippen LogP contribution in [0.4, 0.5) is 0 Å². The first-order valence-electron chi connectivity index (χ1n) is 14.0. The Kier molecular flexibility index (Phi) is 7.24. The van der Waals surface area contributed by atoms with Gasteiger partial charge in [0, 0.05) is 24.2 Å². The van der Waals surface area contributed by atoms with Gasteiger partial charge < -0.3 is 4.74 Å². The molecule has 34 heavy (non-hydrogen) atoms. The Morgan fingerprint density at radius 3 is 2.50 bits per heavy atom. The van der Waals surface area contributed by atoms with Gasteiger partial charge in [-0.15, -0.1) is 0 Å². The van der Waals surface area contributed by atoms with Crippen LogP contribution in [0.5, 0.6) is 0 Å². The summed E-state index contributed by atoms with van der Waals surface area (Å²) in [4.78, 5) is 24.0. The molecule has 0 aliphatic heterocycles. The second kappa shape index (κ2) is 9.58. The predicted octanol–water partition coefficient (Wildman–Crippen LogP) is 7.21. The average molecular weight is 474 g/mol. The molecule has 0 aromatic carbocycles. The normalized spacial score (nSPS) is 42.3. The second-order valence-corrected chi connectivity index (χ2v) is 13.2. The highest BCUT2D eigenvalue weighted by Crippen LogP contribution is 2.67. The number of rotatable bonds is 7. The van der Waals surface area contributed by atoms with Crippen molar-refractivity contribution in [2.75, 3.05) is 0 Å². The van der Waals surface area contributed by atoms with Gasteiger partial charge in [-0.05, 0) is 85.0 Å². The summed E-state index contributed by atoms with van der Waals surface area (Å²) in [7, 11) is 0. The Hall–Kier alpha value is -1.39. The van der Waals surface area contributed by atoms with E-state index in [2.05, 4.69) is 34.6 Å². The Morgan fingerprint density at radius 2 is 1.85 bits per heavy atom. The SMILES string of the molecule is CC(=O)O[C@H]1CC[C@@]2(C)C(=C[C@H]([N+](=O)[O-])[C@H]3C4CC[C@H]([C@H](C)CCCC(C)C)[C@@]4(C)CC[C@@H]32)C1. The topological polar surface area (TPSA) is 69.4 Å². The molecule has 5 nitrogen and oxygen atoms in total. The molecule has 1 unspecified atom stereocenters. The minimum Gasteiger partial charge on any atom is -0.462 e. The van der Waals surface area contributed by atoms with E-state index >= 15 is 0 Å². The van der Waals surface area contributed by atoms with Gasteiger partial charge in [0.25, 0.3) is 0 Å². The molecule has 9 atom stereocenters. The van der Waals surface area contributed by atoms with Crippen molar-refractivity contribution in [3.8, 4) is 0 Å². The molecule has 4 rings (SSSR count). The number of carbonyl (C=O) groups excluding carboxylic acids is 1. The van der Waals surface area contributed by atoms with Crippen LogP contribution in [-0.2, 0) is 9.53 Å². The van der Waals surface area contributed by atoms with Crippen molar-refractivity contribution in [1.29, 1.82) is 0 Å². The number of fused-ring (bicyclic) bond motifs is 5. The first-order chi connectivity index (χ1) is 16.0. The highest BCUT2D eigenvalue weighted by Gasteiger charge is 2.63. The number of hydrogen-bond donors (Lipinski definition) is 0. The second-order valence-electron chi connectivity index (χ2n) is 13.2. The molecule has 0 heterocycles. The summed E-state index contributed by atoms with van der Waals surface area (Å²) >= 11 is 0. The van der Waals surface area contributed by atoms with Crippen LogP contribution in [0, 0.1) is 56.5 Å². The molecule has 0 saturated heterocycles. The van der Waals surface area contributed by atoms with E-state index in [-0.39, 0.29) is 33.7 Å². The van der Waals surface area contributed by atoms with Gasteiger partial charge in [0.05, 0.1) is 0 Å². The van der Waals surface area contributed by atoms with E-state index in [4.69, 9.17) is 4.74 Å². The minimum absolute atomic E-state index is 0.00478. The largest absolute Gasteiger partial charge is 0.462 e. The lowest BCUT2D eigenvalue weighted by Crippen LogP contribution is -2.56. The van der Waals surface area contributed by atoms with Crippen LogP contribution in [0.15, 0.2) is 11.6 Å². The van der Waals surface area contributed by atoms with Crippen LogP contribution in [0.2, 0.25) is 0 Å². The van der Waals surface area contributed by atoms with E-state index in [9.17, 15) is 14.9 Å². The van der Waals surface area contributed by atoms with E-state index in [1.54, 1.807) is 0 Å². The molecule has 4 aliphatic rings. The molecule has 0 amide bonds. The molecule has 0 radical (unpaired) electrons. The summed E-state index contributed by atoms with van der Waals surface area (Å²) in [6, 6.07) is -0.594. The fraction of sp³-hybridized carbons (Fsp3) is 0.897. The monoisotopic (exact) mass is 473 g/mol. The fourth-order valence-electron chi connectivity index (χ4n) is 9.18. The van der Waals surface area contributed by atoms with Crippen LogP contribution in [0.3, 0.4) is 0 Å². The molecule has 4 aliphatic carbocycles. The van der Waals surface area contributed by atoms with Gasteiger partial charge in [-0.1, -0.05) is 59.5 Å². The van der Waals surface area contributed by atoms with E-state index < -0.39 is 6.04 Å². The lowest BCUT2D eigenvalue weighted by molar-refractivity contribution is -0.527. The Bertz CT molecular complexity index is 821. The number of ether oxygens (including phenoxy) is 1. The summed E-state index contributed by atoms with van der Waals surface area (Å²) in [5.74, 6) is 2.85. The summed E-state index contributed by atoms with van der Waals surface area (Å²) in [6.07, 6.45) is 13.0. The highest BCUT2D eigenvalue weighted by molar-refractivity contribution is 5.66.